The van der Waals surface area contributed by atoms with E-state index in [1.807, 2.05) is 0 Å². The quantitative estimate of drug-likeness (QED) is 0.111. The van der Waals surface area contributed by atoms with Gasteiger partial charge in [0.2, 0.25) is 10.9 Å². The SMILES string of the molecule is CO[C@H]1/C=C/O[C@@]2(C)Oc3c(C)c(O)c4c(=O)c(c5oc6cc(N7C[C@H]8CCCN[C@H]8C7)cc(=O)c6nc5c4c3=C2O)NC(=O)/C(C)=C\C=C\[C@H](C)[C@H](O)[C@@H](C)[C@@H](O)[C@@H](C)[C@H](O)[C@@H]1C. The molecule has 4 aliphatic rings. The Labute approximate surface area is 369 Å². The van der Waals surface area contributed by atoms with Crippen molar-refractivity contribution in [3.05, 3.63) is 79.5 Å². The summed E-state index contributed by atoms with van der Waals surface area (Å²) in [6.07, 6.45) is 5.65. The highest BCUT2D eigenvalue weighted by Gasteiger charge is 2.44. The summed E-state index contributed by atoms with van der Waals surface area (Å²) in [7, 11) is 1.45. The maximum atomic E-state index is 14.8. The number of carbonyl (C=O) groups excluding carboxylic acids is 1. The van der Waals surface area contributed by atoms with Gasteiger partial charge in [0.25, 0.3) is 5.91 Å². The minimum absolute atomic E-state index is 0.0314. The van der Waals surface area contributed by atoms with E-state index in [4.69, 9.17) is 23.6 Å². The Morgan fingerprint density at radius 3 is 2.36 bits per heavy atom. The molecule has 0 unspecified atom stereocenters. The molecule has 1 aromatic heterocycles. The third kappa shape index (κ3) is 7.58. The van der Waals surface area contributed by atoms with Crippen molar-refractivity contribution in [1.29, 1.82) is 0 Å². The number of fused-ring (bicyclic) bond motifs is 3. The Balaban J connectivity index is 1.35. The molecule has 5 heterocycles. The highest BCUT2D eigenvalue weighted by molar-refractivity contribution is 6.16. The lowest BCUT2D eigenvalue weighted by molar-refractivity contribution is -0.112. The number of benzene rings is 3. The number of methoxy groups -OCH3 is 1. The van der Waals surface area contributed by atoms with Gasteiger partial charge in [0, 0.05) is 91.2 Å². The number of aromatic nitrogens is 1. The van der Waals surface area contributed by atoms with Crippen LogP contribution >= 0.6 is 0 Å². The van der Waals surface area contributed by atoms with E-state index in [9.17, 15) is 39.9 Å². The zero-order valence-electron chi connectivity index (χ0n) is 37.3. The van der Waals surface area contributed by atoms with Crippen LogP contribution in [0.1, 0.15) is 59.9 Å². The van der Waals surface area contributed by atoms with Crippen LogP contribution in [-0.2, 0) is 14.3 Å². The van der Waals surface area contributed by atoms with Gasteiger partial charge in [-0.1, -0.05) is 45.9 Å². The van der Waals surface area contributed by atoms with E-state index in [0.717, 1.165) is 25.9 Å². The van der Waals surface area contributed by atoms with Crippen LogP contribution in [0.2, 0.25) is 0 Å². The molecule has 0 saturated carbocycles. The molecule has 1 amide bonds. The van der Waals surface area contributed by atoms with Gasteiger partial charge in [0.15, 0.2) is 22.4 Å². The number of ether oxygens (including phenoxy) is 3. The third-order valence-corrected chi connectivity index (χ3v) is 14.1. The first-order valence-electron chi connectivity index (χ1n) is 22.0. The monoisotopic (exact) mass is 882 g/mol. The Morgan fingerprint density at radius 2 is 1.64 bits per heavy atom. The van der Waals surface area contributed by atoms with Crippen molar-refractivity contribution >= 4 is 56.0 Å². The van der Waals surface area contributed by atoms with Crippen molar-refractivity contribution < 1.29 is 49.0 Å². The van der Waals surface area contributed by atoms with E-state index in [2.05, 4.69) is 15.5 Å². The summed E-state index contributed by atoms with van der Waals surface area (Å²) in [5.41, 5.74) is -1.19. The van der Waals surface area contributed by atoms with Crippen molar-refractivity contribution in [2.45, 2.75) is 97.6 Å². The van der Waals surface area contributed by atoms with E-state index in [0.29, 0.717) is 18.2 Å². The number of phenols is 1. The van der Waals surface area contributed by atoms with Crippen molar-refractivity contribution in [3.8, 4) is 11.5 Å². The van der Waals surface area contributed by atoms with E-state index < -0.39 is 82.1 Å². The van der Waals surface area contributed by atoms with Crippen molar-refractivity contribution in [1.82, 2.24) is 10.3 Å². The van der Waals surface area contributed by atoms with Gasteiger partial charge < -0.3 is 59.7 Å². The van der Waals surface area contributed by atoms with E-state index in [1.54, 1.807) is 45.9 Å². The van der Waals surface area contributed by atoms with E-state index in [-0.39, 0.29) is 66.8 Å². The Morgan fingerprint density at radius 1 is 0.922 bits per heavy atom. The molecule has 3 aromatic carbocycles. The number of nitrogens with one attached hydrogen (secondary N) is 2. The molecule has 342 valence electrons. The fraction of sp³-hybridized carbons (Fsp3) is 0.500. The predicted octanol–water partition coefficient (Wildman–Crippen LogP) is 4.18. The van der Waals surface area contributed by atoms with Gasteiger partial charge >= 0.3 is 5.79 Å². The van der Waals surface area contributed by atoms with Crippen LogP contribution in [0.4, 0.5) is 11.4 Å². The molecule has 2 saturated heterocycles. The number of hydrogen-bond donors (Lipinski definition) is 7. The zero-order chi connectivity index (χ0) is 46.1. The standard InChI is InChI=1S/C48H58N4O12/c1-21-11-9-12-22(2)47(60)51-38-43(58)34-33(37-45(38)63-32-18-28(17-30(53)36(32)50-37)52-19-27-13-10-15-49-29(27)20-52)35-44(26(6)42(34)57)64-48(7,46(35)59)62-16-14-31(61-8)23(3)40(55)25(5)41(56)24(4)39(21)54/h9,11-12,14,16-18,21,23-25,27,29,31,39-41,49,54-57,59H,10,13,15,19-20H2,1-8H3,(H,51,60)/b11-9+,16-14+,22-12-/t21-,23+,24+,25-,27+,29-,31-,39-,40+,41+,48-/m0/s1. The lowest BCUT2D eigenvalue weighted by Crippen LogP contribution is -2.44. The third-order valence-electron chi connectivity index (χ3n) is 14.1. The number of piperidine rings is 1. The van der Waals surface area contributed by atoms with Crippen molar-refractivity contribution in [2.24, 2.45) is 29.6 Å². The number of carbonyl (C=O) groups is 1. The van der Waals surface area contributed by atoms with Crippen LogP contribution in [0.3, 0.4) is 0 Å². The fourth-order valence-electron chi connectivity index (χ4n) is 9.93. The maximum Gasteiger partial charge on any atom is 0.307 e. The van der Waals surface area contributed by atoms with Crippen LogP contribution < -0.4 is 36.3 Å². The molecule has 7 N–H and O–H groups in total. The number of aliphatic hydroxyl groups is 4. The fourth-order valence-corrected chi connectivity index (χ4v) is 9.93. The van der Waals surface area contributed by atoms with Crippen LogP contribution in [0.25, 0.3) is 38.7 Å². The van der Waals surface area contributed by atoms with Gasteiger partial charge in [0.1, 0.15) is 22.7 Å². The number of anilines is 2. The molecular weight excluding hydrogens is 825 g/mol. The van der Waals surface area contributed by atoms with E-state index >= 15 is 0 Å². The number of rotatable bonds is 2. The molecule has 64 heavy (non-hydrogen) atoms. The summed E-state index contributed by atoms with van der Waals surface area (Å²) >= 11 is 0. The molecule has 16 heteroatoms. The highest BCUT2D eigenvalue weighted by Crippen LogP contribution is 2.42. The number of aromatic hydroxyl groups is 1. The molecule has 4 aliphatic heterocycles. The summed E-state index contributed by atoms with van der Waals surface area (Å²) in [4.78, 5) is 49.7. The van der Waals surface area contributed by atoms with Gasteiger partial charge in [0.05, 0.1) is 41.3 Å². The number of hydrogen-bond acceptors (Lipinski definition) is 15. The molecular formula is C48H58N4O12. The second-order valence-electron chi connectivity index (χ2n) is 18.3. The molecule has 0 aliphatic carbocycles. The van der Waals surface area contributed by atoms with E-state index in [1.165, 1.54) is 52.4 Å². The molecule has 4 bridgehead atoms. The summed E-state index contributed by atoms with van der Waals surface area (Å²) in [6.45, 7) is 13.7. The molecule has 8 rings (SSSR count). The lowest BCUT2D eigenvalue weighted by atomic mass is 9.78. The van der Waals surface area contributed by atoms with Crippen LogP contribution in [0, 0.1) is 36.5 Å². The second kappa shape index (κ2) is 17.1. The number of amides is 1. The first kappa shape index (κ1) is 45.1. The summed E-state index contributed by atoms with van der Waals surface area (Å²) in [5, 5.41) is 63.8. The molecule has 4 aromatic rings. The smallest absolute Gasteiger partial charge is 0.307 e. The van der Waals surface area contributed by atoms with Gasteiger partial charge in [-0.15, -0.1) is 0 Å². The molecule has 16 nitrogen and oxygen atoms in total. The van der Waals surface area contributed by atoms with Gasteiger partial charge in [-0.3, -0.25) is 14.4 Å². The largest absolute Gasteiger partial charge is 0.507 e. The van der Waals surface area contributed by atoms with Gasteiger partial charge in [-0.25, -0.2) is 4.98 Å². The number of allylic oxidation sites excluding steroid dienone is 2. The lowest BCUT2D eigenvalue weighted by Gasteiger charge is -2.36. The first-order chi connectivity index (χ1) is 30.4. The Kier molecular flexibility index (Phi) is 12.1. The average Bonchev–Trinajstić information content (AvgIpc) is 3.83. The van der Waals surface area contributed by atoms with Gasteiger partial charge in [-0.05, 0) is 45.2 Å². The molecule has 2 fully saturated rings. The predicted molar refractivity (Wildman–Crippen MR) is 242 cm³/mol. The van der Waals surface area contributed by atoms with Crippen LogP contribution in [-0.4, -0.2) is 99.4 Å². The first-order valence-corrected chi connectivity index (χ1v) is 22.0. The molecule has 0 radical (unpaired) electrons. The van der Waals surface area contributed by atoms with Crippen LogP contribution in [0.15, 0.2) is 62.3 Å². The summed E-state index contributed by atoms with van der Waals surface area (Å²) in [5.74, 6) is -5.75. The number of phenolic OH excluding ortho intramolecular Hbond substituents is 1. The van der Waals surface area contributed by atoms with Gasteiger partial charge in [-0.2, -0.15) is 0 Å². The van der Waals surface area contributed by atoms with Crippen molar-refractivity contribution in [3.63, 3.8) is 0 Å². The van der Waals surface area contributed by atoms with Crippen molar-refractivity contribution in [2.75, 3.05) is 37.0 Å². The topological polar surface area (TPSA) is 233 Å². The summed E-state index contributed by atoms with van der Waals surface area (Å²) in [6, 6.07) is 3.47. The second-order valence-corrected chi connectivity index (χ2v) is 18.3. The minimum Gasteiger partial charge on any atom is -0.507 e. The zero-order valence-corrected chi connectivity index (χ0v) is 37.3. The summed E-state index contributed by atoms with van der Waals surface area (Å²) < 4.78 is 24.6. The number of nitrogens with zero attached hydrogens (tertiary/aromatic N) is 2. The highest BCUT2D eigenvalue weighted by atomic mass is 16.7. The molecule has 0 spiro atoms. The average molecular weight is 883 g/mol. The maximum absolute atomic E-state index is 14.8. The normalized spacial score (nSPS) is 33.5. The Bertz CT molecular complexity index is 2790. The minimum atomic E-state index is -1.95. The van der Waals surface area contributed by atoms with Crippen LogP contribution in [0.5, 0.6) is 11.5 Å². The number of aliphatic hydroxyl groups excluding tert-OH is 4. The Hall–Kier alpha value is -5.52. The molecule has 11 atom stereocenters.